The number of phenolic OH excluding ortho intramolecular Hbond substituents is 1. The van der Waals surface area contributed by atoms with Crippen LogP contribution in [-0.2, 0) is 17.7 Å². The smallest absolute Gasteiger partial charge is 0.251 e. The van der Waals surface area contributed by atoms with E-state index in [-0.39, 0.29) is 5.75 Å². The standard InChI is InChI=1S/C21H23N3O3/c25-19-9-5-4-8-18(19)21-23-22-20(27-21)14-24(17-11-13-26-15-17)12-10-16-6-2-1-3-7-16/h1-9,17,25H,10-15H2. The molecule has 1 N–H and O–H groups in total. The van der Waals surface area contributed by atoms with E-state index in [9.17, 15) is 5.11 Å². The molecular weight excluding hydrogens is 342 g/mol. The lowest BCUT2D eigenvalue weighted by atomic mass is 10.1. The van der Waals surface area contributed by atoms with Gasteiger partial charge in [-0.25, -0.2) is 0 Å². The lowest BCUT2D eigenvalue weighted by Gasteiger charge is -2.26. The maximum atomic E-state index is 9.98. The Morgan fingerprint density at radius 2 is 1.85 bits per heavy atom. The van der Waals surface area contributed by atoms with Gasteiger partial charge in [-0.15, -0.1) is 10.2 Å². The van der Waals surface area contributed by atoms with E-state index in [4.69, 9.17) is 9.15 Å². The van der Waals surface area contributed by atoms with Crippen LogP contribution in [0.2, 0.25) is 0 Å². The normalized spacial score (nSPS) is 16.9. The first-order valence-electron chi connectivity index (χ1n) is 9.26. The number of hydrogen-bond donors (Lipinski definition) is 1. The third-order valence-corrected chi connectivity index (χ3v) is 4.89. The molecule has 3 aromatic rings. The molecule has 0 spiro atoms. The van der Waals surface area contributed by atoms with Crippen LogP contribution in [0, 0.1) is 0 Å². The molecule has 1 unspecified atom stereocenters. The van der Waals surface area contributed by atoms with Crippen LogP contribution in [0.3, 0.4) is 0 Å². The second-order valence-corrected chi connectivity index (χ2v) is 6.74. The average Bonchev–Trinajstić information content (AvgIpc) is 3.38. The van der Waals surface area contributed by atoms with Crippen molar-refractivity contribution < 1.29 is 14.3 Å². The van der Waals surface area contributed by atoms with Crippen molar-refractivity contribution in [1.29, 1.82) is 0 Å². The first kappa shape index (κ1) is 17.7. The minimum atomic E-state index is 0.137. The fourth-order valence-electron chi connectivity index (χ4n) is 3.37. The number of nitrogens with zero attached hydrogens (tertiary/aromatic N) is 3. The van der Waals surface area contributed by atoms with Gasteiger partial charge in [0.25, 0.3) is 5.89 Å². The maximum absolute atomic E-state index is 9.98. The Labute approximate surface area is 158 Å². The summed E-state index contributed by atoms with van der Waals surface area (Å²) in [6.07, 6.45) is 1.97. The summed E-state index contributed by atoms with van der Waals surface area (Å²) in [6, 6.07) is 17.8. The van der Waals surface area contributed by atoms with Crippen molar-refractivity contribution in [2.75, 3.05) is 19.8 Å². The Morgan fingerprint density at radius 1 is 1.04 bits per heavy atom. The third kappa shape index (κ3) is 4.35. The predicted molar refractivity (Wildman–Crippen MR) is 101 cm³/mol. The maximum Gasteiger partial charge on any atom is 0.251 e. The lowest BCUT2D eigenvalue weighted by molar-refractivity contribution is 0.132. The van der Waals surface area contributed by atoms with Crippen molar-refractivity contribution in [3.63, 3.8) is 0 Å². The first-order valence-corrected chi connectivity index (χ1v) is 9.26. The zero-order valence-electron chi connectivity index (χ0n) is 15.1. The van der Waals surface area contributed by atoms with Gasteiger partial charge in [0.15, 0.2) is 0 Å². The highest BCUT2D eigenvalue weighted by Gasteiger charge is 2.25. The Morgan fingerprint density at radius 3 is 2.63 bits per heavy atom. The largest absolute Gasteiger partial charge is 0.507 e. The summed E-state index contributed by atoms with van der Waals surface area (Å²) in [5.74, 6) is 1.03. The fraction of sp³-hybridized carbons (Fsp3) is 0.333. The molecule has 27 heavy (non-hydrogen) atoms. The minimum Gasteiger partial charge on any atom is -0.507 e. The van der Waals surface area contributed by atoms with E-state index in [2.05, 4.69) is 39.4 Å². The molecule has 2 aromatic carbocycles. The molecule has 0 radical (unpaired) electrons. The van der Waals surface area contributed by atoms with Crippen molar-refractivity contribution in [3.8, 4) is 17.2 Å². The molecule has 4 rings (SSSR count). The van der Waals surface area contributed by atoms with Crippen LogP contribution in [0.25, 0.3) is 11.5 Å². The number of aromatic nitrogens is 2. The van der Waals surface area contributed by atoms with Crippen molar-refractivity contribution in [2.24, 2.45) is 0 Å². The van der Waals surface area contributed by atoms with Gasteiger partial charge in [-0.2, -0.15) is 0 Å². The van der Waals surface area contributed by atoms with Gasteiger partial charge in [-0.05, 0) is 30.5 Å². The zero-order valence-corrected chi connectivity index (χ0v) is 15.1. The highest BCUT2D eigenvalue weighted by Crippen LogP contribution is 2.27. The van der Waals surface area contributed by atoms with E-state index in [1.807, 2.05) is 12.1 Å². The van der Waals surface area contributed by atoms with Crippen LogP contribution in [-0.4, -0.2) is 46.0 Å². The van der Waals surface area contributed by atoms with Crippen LogP contribution in [0.5, 0.6) is 5.75 Å². The van der Waals surface area contributed by atoms with Crippen LogP contribution < -0.4 is 0 Å². The number of aromatic hydroxyl groups is 1. The highest BCUT2D eigenvalue weighted by molar-refractivity contribution is 5.61. The van der Waals surface area contributed by atoms with Gasteiger partial charge in [0.05, 0.1) is 18.7 Å². The molecule has 1 aromatic heterocycles. The van der Waals surface area contributed by atoms with Gasteiger partial charge in [-0.3, -0.25) is 4.90 Å². The number of ether oxygens (including phenoxy) is 1. The first-order chi connectivity index (χ1) is 13.3. The van der Waals surface area contributed by atoms with Crippen molar-refractivity contribution in [3.05, 3.63) is 66.1 Å². The fourth-order valence-corrected chi connectivity index (χ4v) is 3.37. The van der Waals surface area contributed by atoms with E-state index >= 15 is 0 Å². The van der Waals surface area contributed by atoms with E-state index in [0.29, 0.717) is 29.9 Å². The minimum absolute atomic E-state index is 0.137. The van der Waals surface area contributed by atoms with Gasteiger partial charge in [0, 0.05) is 19.2 Å². The monoisotopic (exact) mass is 365 g/mol. The molecule has 1 aliphatic heterocycles. The molecule has 1 atom stereocenters. The second-order valence-electron chi connectivity index (χ2n) is 6.74. The SMILES string of the molecule is Oc1ccccc1-c1nnc(CN(CCc2ccccc2)C2CCOC2)o1. The molecule has 0 saturated carbocycles. The van der Waals surface area contributed by atoms with Gasteiger partial charge in [0.1, 0.15) is 5.75 Å². The molecule has 0 aliphatic carbocycles. The van der Waals surface area contributed by atoms with Gasteiger partial charge >= 0.3 is 0 Å². The summed E-state index contributed by atoms with van der Waals surface area (Å²) >= 11 is 0. The van der Waals surface area contributed by atoms with Crippen molar-refractivity contribution in [2.45, 2.75) is 25.4 Å². The van der Waals surface area contributed by atoms with Crippen LogP contribution in [0.4, 0.5) is 0 Å². The zero-order chi connectivity index (χ0) is 18.5. The Hall–Kier alpha value is -2.70. The summed E-state index contributed by atoms with van der Waals surface area (Å²) in [5, 5.41) is 18.3. The highest BCUT2D eigenvalue weighted by atomic mass is 16.5. The Bertz CT molecular complexity index is 860. The summed E-state index contributed by atoms with van der Waals surface area (Å²) in [4.78, 5) is 2.35. The average molecular weight is 365 g/mol. The number of para-hydroxylation sites is 1. The number of hydrogen-bond acceptors (Lipinski definition) is 6. The molecule has 140 valence electrons. The molecule has 1 saturated heterocycles. The molecule has 2 heterocycles. The van der Waals surface area contributed by atoms with Gasteiger partial charge in [-0.1, -0.05) is 42.5 Å². The second kappa shape index (κ2) is 8.33. The van der Waals surface area contributed by atoms with E-state index in [0.717, 1.165) is 32.6 Å². The summed E-state index contributed by atoms with van der Waals surface area (Å²) in [5.41, 5.74) is 1.86. The van der Waals surface area contributed by atoms with Gasteiger partial charge in [0.2, 0.25) is 5.89 Å². The molecule has 6 heteroatoms. The molecule has 0 bridgehead atoms. The van der Waals surface area contributed by atoms with E-state index < -0.39 is 0 Å². The summed E-state index contributed by atoms with van der Waals surface area (Å²) in [6.45, 7) is 2.99. The number of phenols is 1. The predicted octanol–water partition coefficient (Wildman–Crippen LogP) is 3.28. The molecule has 6 nitrogen and oxygen atoms in total. The van der Waals surface area contributed by atoms with Crippen molar-refractivity contribution in [1.82, 2.24) is 15.1 Å². The Balaban J connectivity index is 1.47. The summed E-state index contributed by atoms with van der Waals surface area (Å²) < 4.78 is 11.4. The number of rotatable bonds is 7. The third-order valence-electron chi connectivity index (χ3n) is 4.89. The van der Waals surface area contributed by atoms with Crippen LogP contribution in [0.1, 0.15) is 17.9 Å². The quantitative estimate of drug-likeness (QED) is 0.693. The summed E-state index contributed by atoms with van der Waals surface area (Å²) in [7, 11) is 0. The van der Waals surface area contributed by atoms with E-state index in [1.165, 1.54) is 5.56 Å². The molecular formula is C21H23N3O3. The Kier molecular flexibility index (Phi) is 5.46. The molecule has 1 aliphatic rings. The molecule has 1 fully saturated rings. The topological polar surface area (TPSA) is 71.6 Å². The van der Waals surface area contributed by atoms with Crippen LogP contribution >= 0.6 is 0 Å². The number of benzene rings is 2. The van der Waals surface area contributed by atoms with E-state index in [1.54, 1.807) is 18.2 Å². The van der Waals surface area contributed by atoms with Crippen LogP contribution in [0.15, 0.2) is 59.0 Å². The molecule has 0 amide bonds. The van der Waals surface area contributed by atoms with Gasteiger partial charge < -0.3 is 14.3 Å². The lowest BCUT2D eigenvalue weighted by Crippen LogP contribution is -2.36. The van der Waals surface area contributed by atoms with Crippen molar-refractivity contribution >= 4 is 0 Å².